The molecule has 0 radical (unpaired) electrons. The van der Waals surface area contributed by atoms with Gasteiger partial charge < -0.3 is 20.7 Å². The number of hydrogen-bond donors (Lipinski definition) is 2. The van der Waals surface area contributed by atoms with Crippen LogP contribution in [0.2, 0.25) is 0 Å². The van der Waals surface area contributed by atoms with Crippen molar-refractivity contribution in [3.05, 3.63) is 24.3 Å². The lowest BCUT2D eigenvalue weighted by molar-refractivity contribution is -0.138. The van der Waals surface area contributed by atoms with Crippen LogP contribution in [-0.2, 0) is 4.79 Å². The summed E-state index contributed by atoms with van der Waals surface area (Å²) in [5, 5.41) is 3.05. The Bertz CT molecular complexity index is 578. The highest BCUT2D eigenvalue weighted by Gasteiger charge is 2.41. The molecule has 0 aliphatic heterocycles. The van der Waals surface area contributed by atoms with E-state index < -0.39 is 5.41 Å². The maximum absolute atomic E-state index is 12.5. The van der Waals surface area contributed by atoms with Crippen molar-refractivity contribution >= 4 is 17.6 Å². The van der Waals surface area contributed by atoms with Crippen LogP contribution in [0.5, 0.6) is 5.75 Å². The van der Waals surface area contributed by atoms with Gasteiger partial charge in [0.25, 0.3) is 0 Å². The van der Waals surface area contributed by atoms with Crippen LogP contribution in [0.15, 0.2) is 29.3 Å². The van der Waals surface area contributed by atoms with Gasteiger partial charge in [-0.3, -0.25) is 9.79 Å². The number of nitrogens with two attached hydrogens (primary N) is 1. The lowest BCUT2D eigenvalue weighted by Crippen LogP contribution is -2.41. The topological polar surface area (TPSA) is 80.0 Å². The second-order valence-corrected chi connectivity index (χ2v) is 6.25. The molecule has 1 amide bonds. The van der Waals surface area contributed by atoms with Crippen molar-refractivity contribution in [3.8, 4) is 5.75 Å². The Morgan fingerprint density at radius 2 is 2.09 bits per heavy atom. The smallest absolute Gasteiger partial charge is 0.230 e. The average molecular weight is 318 g/mol. The highest BCUT2D eigenvalue weighted by Crippen LogP contribution is 2.39. The third-order valence-corrected chi connectivity index (χ3v) is 4.31. The zero-order valence-electron chi connectivity index (χ0n) is 14.1. The Hall–Kier alpha value is -2.24. The number of hydrogen-bond acceptors (Lipinski definition) is 3. The lowest BCUT2D eigenvalue weighted by Gasteiger charge is -2.29. The number of methoxy groups -OCH3 is 1. The van der Waals surface area contributed by atoms with E-state index in [0.717, 1.165) is 37.1 Å². The van der Waals surface area contributed by atoms with E-state index in [1.54, 1.807) is 26.1 Å². The highest BCUT2D eigenvalue weighted by atomic mass is 16.5. The summed E-state index contributed by atoms with van der Waals surface area (Å²) in [6.45, 7) is 0.423. The van der Waals surface area contributed by atoms with E-state index in [-0.39, 0.29) is 5.91 Å². The quantitative estimate of drug-likeness (QED) is 0.643. The molecule has 6 heteroatoms. The van der Waals surface area contributed by atoms with Gasteiger partial charge in [0.2, 0.25) is 5.91 Å². The number of ether oxygens (including phenoxy) is 1. The maximum atomic E-state index is 12.5. The number of guanidine groups is 1. The monoisotopic (exact) mass is 318 g/mol. The molecule has 0 atom stereocenters. The molecule has 1 aromatic rings. The molecule has 0 aromatic heterocycles. The molecule has 0 bridgehead atoms. The van der Waals surface area contributed by atoms with Gasteiger partial charge in [0.1, 0.15) is 5.75 Å². The van der Waals surface area contributed by atoms with Crippen LogP contribution in [0.25, 0.3) is 0 Å². The van der Waals surface area contributed by atoms with Gasteiger partial charge in [-0.25, -0.2) is 0 Å². The van der Waals surface area contributed by atoms with Crippen LogP contribution in [0, 0.1) is 5.41 Å². The molecule has 2 rings (SSSR count). The molecule has 23 heavy (non-hydrogen) atoms. The van der Waals surface area contributed by atoms with Crippen LogP contribution >= 0.6 is 0 Å². The molecule has 0 heterocycles. The molecular formula is C17H26N4O2. The molecular weight excluding hydrogens is 292 g/mol. The Kier molecular flexibility index (Phi) is 5.47. The minimum Gasteiger partial charge on any atom is -0.497 e. The standard InChI is InChI=1S/C17H26N4O2/c1-21(2)15(22)17(9-4-5-10-17)12-19-16(18)20-13-7-6-8-14(11-13)23-3/h6-8,11H,4-5,9-10,12H2,1-3H3,(H3,18,19,20). The van der Waals surface area contributed by atoms with Crippen molar-refractivity contribution in [2.45, 2.75) is 25.7 Å². The Morgan fingerprint density at radius 3 is 2.70 bits per heavy atom. The predicted octanol–water partition coefficient (Wildman–Crippen LogP) is 2.07. The van der Waals surface area contributed by atoms with Gasteiger partial charge in [-0.05, 0) is 25.0 Å². The first-order chi connectivity index (χ1) is 11.0. The van der Waals surface area contributed by atoms with Crippen molar-refractivity contribution in [2.24, 2.45) is 16.1 Å². The van der Waals surface area contributed by atoms with Crippen LogP contribution in [0.4, 0.5) is 5.69 Å². The fraction of sp³-hybridized carbons (Fsp3) is 0.529. The number of aliphatic imine (C=N–C) groups is 1. The summed E-state index contributed by atoms with van der Waals surface area (Å²) in [7, 11) is 5.21. The van der Waals surface area contributed by atoms with E-state index >= 15 is 0 Å². The normalized spacial score (nSPS) is 16.9. The van der Waals surface area contributed by atoms with Crippen molar-refractivity contribution in [1.29, 1.82) is 0 Å². The number of benzene rings is 1. The summed E-state index contributed by atoms with van der Waals surface area (Å²) in [6.07, 6.45) is 3.89. The Morgan fingerprint density at radius 1 is 1.39 bits per heavy atom. The van der Waals surface area contributed by atoms with Gasteiger partial charge in [0, 0.05) is 25.8 Å². The molecule has 1 aliphatic rings. The lowest BCUT2D eigenvalue weighted by atomic mass is 9.85. The summed E-state index contributed by atoms with van der Waals surface area (Å²) in [4.78, 5) is 18.6. The summed E-state index contributed by atoms with van der Waals surface area (Å²) in [5.74, 6) is 1.21. The van der Waals surface area contributed by atoms with E-state index in [1.165, 1.54) is 0 Å². The van der Waals surface area contributed by atoms with Crippen LogP contribution in [0.3, 0.4) is 0 Å². The number of carbonyl (C=O) groups is 1. The second-order valence-electron chi connectivity index (χ2n) is 6.25. The molecule has 1 aliphatic carbocycles. The minimum atomic E-state index is -0.399. The number of carbonyl (C=O) groups excluding carboxylic acids is 1. The van der Waals surface area contributed by atoms with Crippen molar-refractivity contribution in [1.82, 2.24) is 4.90 Å². The minimum absolute atomic E-state index is 0.146. The van der Waals surface area contributed by atoms with E-state index in [2.05, 4.69) is 10.3 Å². The fourth-order valence-electron chi connectivity index (χ4n) is 3.09. The second kappa shape index (κ2) is 7.35. The van der Waals surface area contributed by atoms with Gasteiger partial charge in [0.05, 0.1) is 19.1 Å². The highest BCUT2D eigenvalue weighted by molar-refractivity contribution is 5.93. The fourth-order valence-corrected chi connectivity index (χ4v) is 3.09. The molecule has 1 aromatic carbocycles. The number of anilines is 1. The van der Waals surface area contributed by atoms with Gasteiger partial charge in [-0.1, -0.05) is 18.9 Å². The molecule has 0 unspecified atom stereocenters. The van der Waals surface area contributed by atoms with Gasteiger partial charge in [-0.2, -0.15) is 0 Å². The van der Waals surface area contributed by atoms with E-state index in [0.29, 0.717) is 12.5 Å². The first-order valence-corrected chi connectivity index (χ1v) is 7.90. The first kappa shape index (κ1) is 17.1. The molecule has 6 nitrogen and oxygen atoms in total. The Labute approximate surface area is 137 Å². The number of rotatable bonds is 5. The molecule has 0 spiro atoms. The average Bonchev–Trinajstić information content (AvgIpc) is 3.02. The summed E-state index contributed by atoms with van der Waals surface area (Å²) in [6, 6.07) is 7.48. The van der Waals surface area contributed by atoms with Gasteiger partial charge in [0.15, 0.2) is 5.96 Å². The Balaban J connectivity index is 2.06. The zero-order valence-corrected chi connectivity index (χ0v) is 14.1. The van der Waals surface area contributed by atoms with Gasteiger partial charge >= 0.3 is 0 Å². The molecule has 0 saturated heterocycles. The van der Waals surface area contributed by atoms with E-state index in [4.69, 9.17) is 10.5 Å². The third kappa shape index (κ3) is 4.15. The number of nitrogens with one attached hydrogen (secondary N) is 1. The predicted molar refractivity (Wildman–Crippen MR) is 92.7 cm³/mol. The van der Waals surface area contributed by atoms with E-state index in [9.17, 15) is 4.79 Å². The third-order valence-electron chi connectivity index (χ3n) is 4.31. The number of nitrogens with zero attached hydrogens (tertiary/aromatic N) is 2. The van der Waals surface area contributed by atoms with Crippen LogP contribution < -0.4 is 15.8 Å². The van der Waals surface area contributed by atoms with E-state index in [1.807, 2.05) is 24.3 Å². The molecule has 126 valence electrons. The summed E-state index contributed by atoms with van der Waals surface area (Å²) >= 11 is 0. The van der Waals surface area contributed by atoms with Crippen LogP contribution in [0.1, 0.15) is 25.7 Å². The largest absolute Gasteiger partial charge is 0.497 e. The van der Waals surface area contributed by atoms with Crippen molar-refractivity contribution in [2.75, 3.05) is 33.1 Å². The molecule has 1 fully saturated rings. The molecule has 3 N–H and O–H groups in total. The van der Waals surface area contributed by atoms with Crippen LogP contribution in [-0.4, -0.2) is 44.5 Å². The summed E-state index contributed by atoms with van der Waals surface area (Å²) in [5.41, 5.74) is 6.40. The maximum Gasteiger partial charge on any atom is 0.230 e. The summed E-state index contributed by atoms with van der Waals surface area (Å²) < 4.78 is 5.18. The van der Waals surface area contributed by atoms with Gasteiger partial charge in [-0.15, -0.1) is 0 Å². The zero-order chi connectivity index (χ0) is 16.9. The first-order valence-electron chi connectivity index (χ1n) is 7.90. The molecule has 1 saturated carbocycles. The van der Waals surface area contributed by atoms with Crippen molar-refractivity contribution in [3.63, 3.8) is 0 Å². The SMILES string of the molecule is COc1cccc(NC(N)=NCC2(C(=O)N(C)C)CCCC2)c1. The number of amides is 1. The van der Waals surface area contributed by atoms with Crippen molar-refractivity contribution < 1.29 is 9.53 Å².